The van der Waals surface area contributed by atoms with Crippen LogP contribution in [-0.2, 0) is 44.5 Å². The van der Waals surface area contributed by atoms with E-state index in [1.54, 1.807) is 14.2 Å². The van der Waals surface area contributed by atoms with Gasteiger partial charge in [-0.1, -0.05) is 56.2 Å². The van der Waals surface area contributed by atoms with Crippen molar-refractivity contribution in [1.29, 1.82) is 0 Å². The molecular weight excluding hydrogens is 688 g/mol. The van der Waals surface area contributed by atoms with Crippen LogP contribution in [0.3, 0.4) is 0 Å². The summed E-state index contributed by atoms with van der Waals surface area (Å²) >= 11 is 0. The molecule has 0 N–H and O–H groups in total. The third-order valence-electron chi connectivity index (χ3n) is 11.8. The molecule has 10 heteroatoms. The Labute approximate surface area is 323 Å². The number of benzene rings is 2. The van der Waals surface area contributed by atoms with Gasteiger partial charge in [0, 0.05) is 32.3 Å². The summed E-state index contributed by atoms with van der Waals surface area (Å²) in [5.41, 5.74) is 3.42. The summed E-state index contributed by atoms with van der Waals surface area (Å²) < 4.78 is 50.8. The van der Waals surface area contributed by atoms with Crippen molar-refractivity contribution in [1.82, 2.24) is 0 Å². The highest BCUT2D eigenvalue weighted by Crippen LogP contribution is 2.59. The molecule has 3 aliphatic rings. The number of hydrogen-bond donors (Lipinski definition) is 0. The largest absolute Gasteiger partial charge is 0.468 e. The minimum atomic E-state index is -0.0132. The quantitative estimate of drug-likeness (QED) is 0.0733. The van der Waals surface area contributed by atoms with Crippen LogP contribution in [0.2, 0.25) is 0 Å². The van der Waals surface area contributed by atoms with Gasteiger partial charge in [-0.15, -0.1) is 0 Å². The predicted molar refractivity (Wildman–Crippen MR) is 207 cm³/mol. The number of Topliss-reactive ketones (excluding diaryl/α,β-unsaturated/α-hetero) is 1. The van der Waals surface area contributed by atoms with Crippen LogP contribution < -0.4 is 4.74 Å². The Hall–Kier alpha value is -2.41. The first kappa shape index (κ1) is 42.7. The molecule has 0 amide bonds. The fourth-order valence-corrected chi connectivity index (χ4v) is 9.15. The maximum atomic E-state index is 14.5. The smallest absolute Gasteiger partial charge is 0.188 e. The van der Waals surface area contributed by atoms with E-state index in [9.17, 15) is 4.79 Å². The van der Waals surface area contributed by atoms with E-state index in [2.05, 4.69) is 25.1 Å². The van der Waals surface area contributed by atoms with E-state index in [1.165, 1.54) is 18.4 Å². The first-order chi connectivity index (χ1) is 26.5. The normalized spacial score (nSPS) is 25.3. The van der Waals surface area contributed by atoms with Crippen LogP contribution in [-0.4, -0.2) is 99.2 Å². The number of methoxy groups -OCH3 is 2. The summed E-state index contributed by atoms with van der Waals surface area (Å²) in [7, 11) is 3.30. The van der Waals surface area contributed by atoms with Crippen molar-refractivity contribution >= 4 is 5.78 Å². The molecular formula is C44H66O10. The molecule has 0 aliphatic heterocycles. The molecule has 0 bridgehead atoms. The van der Waals surface area contributed by atoms with E-state index in [4.69, 9.17) is 42.6 Å². The number of rotatable bonds is 25. The molecule has 0 saturated heterocycles. The van der Waals surface area contributed by atoms with Crippen LogP contribution >= 0.6 is 0 Å². The standard InChI is InChI=1S/C44H66O10/c1-44-19-9-13-38-37-16-14-36(54-33-47-3)30-40(37)43(45)39(42(38)41(44)17-15-35(18-20-44)53-32-46-2)12-7-8-21-48-22-23-49-24-25-50-26-27-51-28-29-52-31-34-10-5-4-6-11-34/h4-6,10-11,14,16,30,35,38-39,41-42H,7-9,12-13,15,17-29,31-33H2,1-3H3/t35?,38?,39-,41?,42?,44?/m0/s1. The highest BCUT2D eigenvalue weighted by atomic mass is 16.7. The van der Waals surface area contributed by atoms with Crippen LogP contribution in [0.15, 0.2) is 48.5 Å². The van der Waals surface area contributed by atoms with Crippen LogP contribution in [0.5, 0.6) is 5.75 Å². The number of fused-ring (bicyclic) bond motifs is 5. The number of carbonyl (C=O) groups is 1. The topological polar surface area (TPSA) is 100 Å². The lowest BCUT2D eigenvalue weighted by Gasteiger charge is -2.47. The van der Waals surface area contributed by atoms with Gasteiger partial charge >= 0.3 is 0 Å². The van der Waals surface area contributed by atoms with Crippen LogP contribution in [0.25, 0.3) is 0 Å². The van der Waals surface area contributed by atoms with E-state index in [0.29, 0.717) is 96.4 Å². The second-order valence-electron chi connectivity index (χ2n) is 15.4. The van der Waals surface area contributed by atoms with Crippen LogP contribution in [0.4, 0.5) is 0 Å². The molecule has 2 saturated carbocycles. The molecule has 2 aromatic carbocycles. The van der Waals surface area contributed by atoms with E-state index in [-0.39, 0.29) is 30.0 Å². The fraction of sp³-hybridized carbons (Fsp3) is 0.705. The SMILES string of the molecule is COCOc1ccc2c(c1)C(=O)[C@@H](CCCCOCCOCCOCCOCCOCc1ccccc1)C1C2CCCC2(C)CCC(OCOC)CCC12. The first-order valence-electron chi connectivity index (χ1n) is 20.4. The van der Waals surface area contributed by atoms with Gasteiger partial charge < -0.3 is 42.6 Å². The van der Waals surface area contributed by atoms with Crippen molar-refractivity contribution in [2.24, 2.45) is 23.2 Å². The number of ether oxygens (including phenoxy) is 9. The lowest BCUT2D eigenvalue weighted by molar-refractivity contribution is -0.0765. The summed E-state index contributed by atoms with van der Waals surface area (Å²) in [4.78, 5) is 14.5. The van der Waals surface area contributed by atoms with Gasteiger partial charge in [0.2, 0.25) is 0 Å². The lowest BCUT2D eigenvalue weighted by atomic mass is 9.56. The van der Waals surface area contributed by atoms with Crippen molar-refractivity contribution in [2.75, 3.05) is 87.3 Å². The van der Waals surface area contributed by atoms with Crippen molar-refractivity contribution < 1.29 is 47.4 Å². The van der Waals surface area contributed by atoms with Gasteiger partial charge in [-0.2, -0.15) is 0 Å². The minimum absolute atomic E-state index is 0.0132. The fourth-order valence-electron chi connectivity index (χ4n) is 9.15. The summed E-state index contributed by atoms with van der Waals surface area (Å²) in [6.45, 7) is 8.55. The molecule has 0 aromatic heterocycles. The Kier molecular flexibility index (Phi) is 18.7. The molecule has 3 aliphatic carbocycles. The molecule has 302 valence electrons. The third-order valence-corrected chi connectivity index (χ3v) is 11.8. The summed E-state index contributed by atoms with van der Waals surface area (Å²) in [5, 5.41) is 0. The average Bonchev–Trinajstić information content (AvgIpc) is 3.44. The molecule has 0 spiro atoms. The molecule has 54 heavy (non-hydrogen) atoms. The Bertz CT molecular complexity index is 1340. The van der Waals surface area contributed by atoms with Gasteiger partial charge in [-0.25, -0.2) is 0 Å². The molecule has 2 aromatic rings. The Morgan fingerprint density at radius 2 is 1.39 bits per heavy atom. The van der Waals surface area contributed by atoms with E-state index in [1.807, 2.05) is 30.3 Å². The van der Waals surface area contributed by atoms with E-state index >= 15 is 0 Å². The Morgan fingerprint density at radius 3 is 2.09 bits per heavy atom. The minimum Gasteiger partial charge on any atom is -0.468 e. The molecule has 0 radical (unpaired) electrons. The van der Waals surface area contributed by atoms with Gasteiger partial charge in [-0.3, -0.25) is 4.79 Å². The summed E-state index contributed by atoms with van der Waals surface area (Å²) in [5.74, 6) is 2.14. The number of hydrogen-bond acceptors (Lipinski definition) is 10. The molecule has 6 atom stereocenters. The first-order valence-corrected chi connectivity index (χ1v) is 20.4. The zero-order valence-corrected chi connectivity index (χ0v) is 33.1. The number of ketones is 1. The molecule has 5 rings (SSSR count). The second kappa shape index (κ2) is 23.6. The highest BCUT2D eigenvalue weighted by molar-refractivity contribution is 6.01. The Morgan fingerprint density at radius 1 is 0.704 bits per heavy atom. The lowest BCUT2D eigenvalue weighted by Crippen LogP contribution is -2.43. The molecule has 5 unspecified atom stereocenters. The highest BCUT2D eigenvalue weighted by Gasteiger charge is 2.52. The van der Waals surface area contributed by atoms with Gasteiger partial charge in [0.15, 0.2) is 12.6 Å². The van der Waals surface area contributed by atoms with E-state index < -0.39 is 0 Å². The number of unbranched alkanes of at least 4 members (excludes halogenated alkanes) is 1. The number of carbonyl (C=O) groups excluding carboxylic acids is 1. The zero-order valence-electron chi connectivity index (χ0n) is 33.1. The monoisotopic (exact) mass is 754 g/mol. The van der Waals surface area contributed by atoms with E-state index in [0.717, 1.165) is 62.5 Å². The van der Waals surface area contributed by atoms with Gasteiger partial charge in [0.1, 0.15) is 12.5 Å². The molecule has 10 nitrogen and oxygen atoms in total. The van der Waals surface area contributed by atoms with Crippen LogP contribution in [0.1, 0.15) is 98.5 Å². The maximum Gasteiger partial charge on any atom is 0.188 e. The van der Waals surface area contributed by atoms with Crippen molar-refractivity contribution in [3.8, 4) is 5.75 Å². The molecule has 2 fully saturated rings. The summed E-state index contributed by atoms with van der Waals surface area (Å²) in [6.07, 6.45) is 10.8. The van der Waals surface area contributed by atoms with Gasteiger partial charge in [-0.05, 0) is 97.8 Å². The maximum absolute atomic E-state index is 14.5. The molecule has 0 heterocycles. The van der Waals surface area contributed by atoms with Crippen molar-refractivity contribution in [3.63, 3.8) is 0 Å². The second-order valence-corrected chi connectivity index (χ2v) is 15.4. The van der Waals surface area contributed by atoms with Crippen LogP contribution in [0, 0.1) is 23.2 Å². The zero-order chi connectivity index (χ0) is 37.9. The third kappa shape index (κ3) is 12.8. The van der Waals surface area contributed by atoms with Crippen molar-refractivity contribution in [3.05, 3.63) is 65.2 Å². The van der Waals surface area contributed by atoms with Gasteiger partial charge in [0.25, 0.3) is 0 Å². The Balaban J connectivity index is 1.02. The summed E-state index contributed by atoms with van der Waals surface area (Å²) in [6, 6.07) is 16.3. The predicted octanol–water partition coefficient (Wildman–Crippen LogP) is 8.00. The van der Waals surface area contributed by atoms with Gasteiger partial charge in [0.05, 0.1) is 65.6 Å². The van der Waals surface area contributed by atoms with Crippen molar-refractivity contribution in [2.45, 2.75) is 89.8 Å². The average molecular weight is 755 g/mol.